The summed E-state index contributed by atoms with van der Waals surface area (Å²) < 4.78 is 4.52. The van der Waals surface area contributed by atoms with Crippen LogP contribution in [0, 0.1) is 12.3 Å². The Balaban J connectivity index is 2.33. The van der Waals surface area contributed by atoms with Crippen molar-refractivity contribution in [3.05, 3.63) is 47.0 Å². The van der Waals surface area contributed by atoms with Gasteiger partial charge in [-0.3, -0.25) is 9.89 Å². The molecule has 0 radical (unpaired) electrons. The van der Waals surface area contributed by atoms with Gasteiger partial charge in [-0.1, -0.05) is 29.7 Å². The molecule has 0 aliphatic carbocycles. The molecule has 0 amide bonds. The third-order valence-corrected chi connectivity index (χ3v) is 3.36. The normalized spacial score (nSPS) is 13.2. The topological polar surface area (TPSA) is 67.9 Å². The number of benzene rings is 1. The van der Waals surface area contributed by atoms with Crippen molar-refractivity contribution < 1.29 is 9.53 Å². The maximum atomic E-state index is 12.3. The van der Waals surface area contributed by atoms with Crippen LogP contribution in [0.15, 0.2) is 30.6 Å². The molecule has 0 saturated carbocycles. The van der Waals surface area contributed by atoms with Gasteiger partial charge in [0, 0.05) is 5.02 Å². The van der Waals surface area contributed by atoms with Gasteiger partial charge in [-0.25, -0.2) is 4.98 Å². The summed E-state index contributed by atoms with van der Waals surface area (Å²) in [5, 5.41) is 7.01. The first-order valence-electron chi connectivity index (χ1n) is 5.53. The van der Waals surface area contributed by atoms with Gasteiger partial charge in [0.15, 0.2) is 0 Å². The smallest absolute Gasteiger partial charge is 0.323 e. The lowest BCUT2D eigenvalue weighted by Gasteiger charge is -2.15. The fourth-order valence-corrected chi connectivity index (χ4v) is 2.00. The molecule has 2 aromatic rings. The van der Waals surface area contributed by atoms with Gasteiger partial charge in [-0.05, 0) is 40.3 Å². The standard InChI is InChI=1S/C13H9ClIN3O2/c1-2-10(15)20-13(19)11(12-16-7-17-18-12)8-3-5-9(14)6-4-8/h1,3-7,10-11H,(H,16,17,18). The van der Waals surface area contributed by atoms with Crippen LogP contribution in [0.5, 0.6) is 0 Å². The summed E-state index contributed by atoms with van der Waals surface area (Å²) in [4.78, 5) is 16.3. The summed E-state index contributed by atoms with van der Waals surface area (Å²) >= 11 is 7.70. The van der Waals surface area contributed by atoms with E-state index in [0.717, 1.165) is 0 Å². The zero-order chi connectivity index (χ0) is 14.5. The van der Waals surface area contributed by atoms with E-state index < -0.39 is 16.0 Å². The van der Waals surface area contributed by atoms with Crippen LogP contribution in [0.4, 0.5) is 0 Å². The number of halogens is 2. The number of H-pyrrole nitrogens is 1. The summed E-state index contributed by atoms with van der Waals surface area (Å²) in [7, 11) is 0. The van der Waals surface area contributed by atoms with Crippen molar-refractivity contribution in [1.82, 2.24) is 15.2 Å². The van der Waals surface area contributed by atoms with Crippen LogP contribution in [0.1, 0.15) is 17.3 Å². The molecule has 2 rings (SSSR count). The predicted molar refractivity (Wildman–Crippen MR) is 82.4 cm³/mol. The quantitative estimate of drug-likeness (QED) is 0.370. The highest BCUT2D eigenvalue weighted by atomic mass is 127. The van der Waals surface area contributed by atoms with E-state index in [2.05, 4.69) is 21.1 Å². The van der Waals surface area contributed by atoms with Crippen molar-refractivity contribution in [2.75, 3.05) is 0 Å². The Morgan fingerprint density at radius 3 is 2.70 bits per heavy atom. The first-order valence-corrected chi connectivity index (χ1v) is 7.15. The lowest BCUT2D eigenvalue weighted by atomic mass is 9.98. The summed E-state index contributed by atoms with van der Waals surface area (Å²) in [6.07, 6.45) is 6.54. The molecule has 0 aliphatic rings. The van der Waals surface area contributed by atoms with Crippen LogP contribution >= 0.6 is 34.2 Å². The van der Waals surface area contributed by atoms with E-state index in [1.54, 1.807) is 24.3 Å². The average molecular weight is 402 g/mol. The molecule has 0 fully saturated rings. The van der Waals surface area contributed by atoms with Crippen molar-refractivity contribution in [3.63, 3.8) is 0 Å². The number of rotatable bonds is 4. The number of ether oxygens (including phenoxy) is 1. The number of alkyl halides is 1. The first kappa shape index (κ1) is 14.8. The molecule has 5 nitrogen and oxygen atoms in total. The van der Waals surface area contributed by atoms with Gasteiger partial charge in [0.25, 0.3) is 0 Å². The van der Waals surface area contributed by atoms with Crippen molar-refractivity contribution in [2.45, 2.75) is 10.0 Å². The Bertz CT molecular complexity index is 622. The maximum absolute atomic E-state index is 12.3. The number of nitrogens with zero attached hydrogens (tertiary/aromatic N) is 2. The highest BCUT2D eigenvalue weighted by Gasteiger charge is 2.28. The number of aromatic amines is 1. The molecule has 1 heterocycles. The number of esters is 1. The van der Waals surface area contributed by atoms with Gasteiger partial charge in [0.05, 0.1) is 0 Å². The molecule has 0 aliphatic heterocycles. The summed E-state index contributed by atoms with van der Waals surface area (Å²) in [6, 6.07) is 6.84. The Morgan fingerprint density at radius 1 is 1.45 bits per heavy atom. The van der Waals surface area contributed by atoms with E-state index >= 15 is 0 Å². The third-order valence-electron chi connectivity index (χ3n) is 2.50. The molecule has 2 unspecified atom stereocenters. The van der Waals surface area contributed by atoms with Crippen LogP contribution in [0.25, 0.3) is 0 Å². The fraction of sp³-hybridized carbons (Fsp3) is 0.154. The predicted octanol–water partition coefficient (Wildman–Crippen LogP) is 2.53. The number of carbonyl (C=O) groups excluding carboxylic acids is 1. The zero-order valence-corrected chi connectivity index (χ0v) is 13.0. The molecule has 1 aromatic carbocycles. The van der Waals surface area contributed by atoms with E-state index in [1.165, 1.54) is 6.33 Å². The lowest BCUT2D eigenvalue weighted by molar-refractivity contribution is -0.143. The van der Waals surface area contributed by atoms with Crippen molar-refractivity contribution in [2.24, 2.45) is 0 Å². The zero-order valence-electron chi connectivity index (χ0n) is 10.1. The Labute approximate surface area is 134 Å². The van der Waals surface area contributed by atoms with E-state index in [-0.39, 0.29) is 0 Å². The molecular formula is C13H9ClIN3O2. The first-order chi connectivity index (χ1) is 9.61. The van der Waals surface area contributed by atoms with Crippen LogP contribution in [-0.4, -0.2) is 25.3 Å². The summed E-state index contributed by atoms with van der Waals surface area (Å²) in [5.41, 5.74) is 0.691. The second-order valence-electron chi connectivity index (χ2n) is 3.77. The van der Waals surface area contributed by atoms with Gasteiger partial charge < -0.3 is 4.74 Å². The van der Waals surface area contributed by atoms with Gasteiger partial charge in [0.2, 0.25) is 4.11 Å². The van der Waals surface area contributed by atoms with Crippen LogP contribution in [-0.2, 0) is 9.53 Å². The summed E-state index contributed by atoms with van der Waals surface area (Å²) in [5.74, 6) is 1.50. The van der Waals surface area contributed by atoms with Crippen molar-refractivity contribution >= 4 is 40.2 Å². The number of carbonyl (C=O) groups is 1. The molecule has 7 heteroatoms. The van der Waals surface area contributed by atoms with E-state index in [9.17, 15) is 4.79 Å². The Kier molecular flexibility index (Phi) is 4.98. The van der Waals surface area contributed by atoms with Crippen molar-refractivity contribution in [1.29, 1.82) is 0 Å². The average Bonchev–Trinajstić information content (AvgIpc) is 2.95. The Morgan fingerprint density at radius 2 is 2.15 bits per heavy atom. The monoisotopic (exact) mass is 401 g/mol. The molecule has 1 N–H and O–H groups in total. The third kappa shape index (κ3) is 3.49. The molecule has 2 atom stereocenters. The van der Waals surface area contributed by atoms with Gasteiger partial charge in [-0.15, -0.1) is 6.42 Å². The second kappa shape index (κ2) is 6.72. The minimum absolute atomic E-state index is 0.387. The van der Waals surface area contributed by atoms with Gasteiger partial charge in [0.1, 0.15) is 18.1 Å². The van der Waals surface area contributed by atoms with Crippen LogP contribution in [0.2, 0.25) is 5.02 Å². The fourth-order valence-electron chi connectivity index (χ4n) is 1.62. The molecule has 0 saturated heterocycles. The van der Waals surface area contributed by atoms with E-state index in [0.29, 0.717) is 16.4 Å². The minimum Gasteiger partial charge on any atom is -0.438 e. The van der Waals surface area contributed by atoms with E-state index in [1.807, 2.05) is 22.6 Å². The summed E-state index contributed by atoms with van der Waals surface area (Å²) in [6.45, 7) is 0. The minimum atomic E-state index is -0.722. The number of hydrogen-bond donors (Lipinski definition) is 1. The SMILES string of the molecule is C#CC(I)OC(=O)C(c1ccc(Cl)cc1)c1ncn[nH]1. The van der Waals surface area contributed by atoms with Gasteiger partial charge >= 0.3 is 5.97 Å². The number of aromatic nitrogens is 3. The highest BCUT2D eigenvalue weighted by Crippen LogP contribution is 2.25. The van der Waals surface area contributed by atoms with Crippen molar-refractivity contribution in [3.8, 4) is 12.3 Å². The number of hydrogen-bond acceptors (Lipinski definition) is 4. The highest BCUT2D eigenvalue weighted by molar-refractivity contribution is 14.1. The Hall–Kier alpha value is -1.59. The van der Waals surface area contributed by atoms with Crippen LogP contribution < -0.4 is 0 Å². The molecule has 102 valence electrons. The van der Waals surface area contributed by atoms with Gasteiger partial charge in [-0.2, -0.15) is 5.10 Å². The largest absolute Gasteiger partial charge is 0.438 e. The van der Waals surface area contributed by atoms with E-state index in [4.69, 9.17) is 22.8 Å². The molecule has 1 aromatic heterocycles. The molecule has 0 bridgehead atoms. The lowest BCUT2D eigenvalue weighted by Crippen LogP contribution is -2.21. The van der Waals surface area contributed by atoms with Crippen LogP contribution in [0.3, 0.4) is 0 Å². The molecular weight excluding hydrogens is 393 g/mol. The molecule has 20 heavy (non-hydrogen) atoms. The number of nitrogens with one attached hydrogen (secondary N) is 1. The molecule has 0 spiro atoms. The number of terminal acetylenes is 1. The maximum Gasteiger partial charge on any atom is 0.323 e. The second-order valence-corrected chi connectivity index (χ2v) is 5.34.